The average molecular weight is 503 g/mol. The summed E-state index contributed by atoms with van der Waals surface area (Å²) in [5.41, 5.74) is 6.37. The fraction of sp³-hybridized carbons (Fsp3) is 0. The lowest BCUT2D eigenvalue weighted by atomic mass is 10.1. The van der Waals surface area contributed by atoms with Crippen molar-refractivity contribution in [1.29, 1.82) is 0 Å². The molecule has 2 nitrogen and oxygen atoms in total. The Kier molecular flexibility index (Phi) is 6.17. The summed E-state index contributed by atoms with van der Waals surface area (Å²) in [6.07, 6.45) is 0. The van der Waals surface area contributed by atoms with Crippen molar-refractivity contribution in [2.45, 2.75) is 0 Å². The number of nitrogens with zero attached hydrogens (tertiary/aromatic N) is 2. The van der Waals surface area contributed by atoms with E-state index in [2.05, 4.69) is 118 Å². The van der Waals surface area contributed by atoms with E-state index in [1.54, 1.807) is 11.3 Å². The van der Waals surface area contributed by atoms with Gasteiger partial charge in [0, 0.05) is 48.9 Å². The summed E-state index contributed by atoms with van der Waals surface area (Å²) in [6, 6.07) is 46.1. The smallest absolute Gasteiger partial charge is 0.0647 e. The van der Waals surface area contributed by atoms with Gasteiger partial charge in [-0.1, -0.05) is 84.4 Å². The zero-order valence-corrected chi connectivity index (χ0v) is 21.0. The monoisotopic (exact) mass is 502 g/mol. The number of rotatable bonds is 6. The Bertz CT molecular complexity index is 1560. The quantitative estimate of drug-likeness (QED) is 0.223. The van der Waals surface area contributed by atoms with E-state index in [1.807, 2.05) is 30.3 Å². The molecule has 5 aromatic carbocycles. The van der Waals surface area contributed by atoms with Crippen molar-refractivity contribution in [2.24, 2.45) is 0 Å². The summed E-state index contributed by atoms with van der Waals surface area (Å²) < 4.78 is 1.26. The second-order valence-corrected chi connectivity index (χ2v) is 9.81. The minimum atomic E-state index is 0.680. The second kappa shape index (κ2) is 9.90. The van der Waals surface area contributed by atoms with E-state index in [0.29, 0.717) is 5.02 Å². The molecular weight excluding hydrogens is 480 g/mol. The van der Waals surface area contributed by atoms with Crippen molar-refractivity contribution in [3.05, 3.63) is 144 Å². The molecule has 0 bridgehead atoms. The van der Waals surface area contributed by atoms with Gasteiger partial charge in [-0.25, -0.2) is 0 Å². The number of halogens is 1. The molecule has 1 aromatic heterocycles. The maximum Gasteiger partial charge on any atom is 0.0647 e. The van der Waals surface area contributed by atoms with Gasteiger partial charge in [0.1, 0.15) is 0 Å². The Hall–Kier alpha value is -4.05. The third kappa shape index (κ3) is 4.35. The van der Waals surface area contributed by atoms with Crippen LogP contribution in [0.25, 0.3) is 10.1 Å². The third-order valence-corrected chi connectivity index (χ3v) is 7.30. The van der Waals surface area contributed by atoms with Gasteiger partial charge >= 0.3 is 0 Å². The van der Waals surface area contributed by atoms with Crippen molar-refractivity contribution in [3.63, 3.8) is 0 Å². The molecule has 0 N–H and O–H groups in total. The van der Waals surface area contributed by atoms with Gasteiger partial charge in [-0.15, -0.1) is 11.3 Å². The zero-order valence-electron chi connectivity index (χ0n) is 19.5. The number of hydrogen-bond donors (Lipinski definition) is 0. The van der Waals surface area contributed by atoms with Gasteiger partial charge in [0.15, 0.2) is 0 Å². The fourth-order valence-electron chi connectivity index (χ4n) is 4.56. The maximum atomic E-state index is 6.83. The summed E-state index contributed by atoms with van der Waals surface area (Å²) in [4.78, 5) is 4.53. The molecule has 0 spiro atoms. The molecule has 0 amide bonds. The molecule has 0 aliphatic heterocycles. The fourth-order valence-corrected chi connectivity index (χ4v) is 5.71. The highest BCUT2D eigenvalue weighted by Gasteiger charge is 2.20. The van der Waals surface area contributed by atoms with Crippen molar-refractivity contribution < 1.29 is 0 Å². The van der Waals surface area contributed by atoms with E-state index in [0.717, 1.165) is 34.1 Å². The number of anilines is 6. The van der Waals surface area contributed by atoms with Crippen LogP contribution in [-0.4, -0.2) is 0 Å². The molecule has 0 radical (unpaired) electrons. The Morgan fingerprint density at radius 1 is 0.472 bits per heavy atom. The van der Waals surface area contributed by atoms with E-state index in [4.69, 9.17) is 11.6 Å². The van der Waals surface area contributed by atoms with Crippen molar-refractivity contribution in [2.75, 3.05) is 9.80 Å². The number of fused-ring (bicyclic) bond motifs is 1. The molecule has 0 aliphatic carbocycles. The van der Waals surface area contributed by atoms with Crippen LogP contribution >= 0.6 is 22.9 Å². The zero-order chi connectivity index (χ0) is 24.3. The van der Waals surface area contributed by atoms with Crippen LogP contribution in [0.4, 0.5) is 34.1 Å². The molecule has 6 rings (SSSR count). The Morgan fingerprint density at radius 3 is 1.53 bits per heavy atom. The summed E-state index contributed by atoms with van der Waals surface area (Å²) in [5, 5.41) is 4.13. The molecular formula is C32H23ClN2S. The molecule has 0 unspecified atom stereocenters. The SMILES string of the molecule is Clc1cc(N(c2ccccc2)c2ccccc2)cc(N(c2ccccc2)c2csc3ccccc23)c1. The molecule has 36 heavy (non-hydrogen) atoms. The Balaban J connectivity index is 1.56. The first-order valence-corrected chi connectivity index (χ1v) is 13.1. The summed E-state index contributed by atoms with van der Waals surface area (Å²) in [5.74, 6) is 0. The van der Waals surface area contributed by atoms with Gasteiger partial charge in [0.2, 0.25) is 0 Å². The molecule has 4 heteroatoms. The van der Waals surface area contributed by atoms with Gasteiger partial charge in [0.05, 0.1) is 5.69 Å². The van der Waals surface area contributed by atoms with Crippen LogP contribution in [-0.2, 0) is 0 Å². The Labute approximate surface area is 220 Å². The molecule has 0 saturated carbocycles. The molecule has 6 aromatic rings. The molecule has 0 saturated heterocycles. The van der Waals surface area contributed by atoms with Crippen LogP contribution < -0.4 is 9.80 Å². The third-order valence-electron chi connectivity index (χ3n) is 6.13. The highest BCUT2D eigenvalue weighted by Crippen LogP contribution is 2.45. The predicted octanol–water partition coefficient (Wildman–Crippen LogP) is 10.5. The van der Waals surface area contributed by atoms with E-state index in [1.165, 1.54) is 10.1 Å². The second-order valence-electron chi connectivity index (χ2n) is 8.46. The maximum absolute atomic E-state index is 6.83. The number of hydrogen-bond acceptors (Lipinski definition) is 3. The first-order chi connectivity index (χ1) is 17.8. The first kappa shape index (κ1) is 22.4. The number of para-hydroxylation sites is 3. The molecule has 0 fully saturated rings. The molecule has 0 atom stereocenters. The highest BCUT2D eigenvalue weighted by atomic mass is 35.5. The van der Waals surface area contributed by atoms with Crippen LogP contribution in [0, 0.1) is 0 Å². The molecule has 1 heterocycles. The summed E-state index contributed by atoms with van der Waals surface area (Å²) >= 11 is 8.58. The number of thiophene rings is 1. The van der Waals surface area contributed by atoms with Crippen LogP contribution in [0.15, 0.2) is 139 Å². The lowest BCUT2D eigenvalue weighted by molar-refractivity contribution is 1.26. The lowest BCUT2D eigenvalue weighted by Crippen LogP contribution is -2.13. The predicted molar refractivity (Wildman–Crippen MR) is 156 cm³/mol. The largest absolute Gasteiger partial charge is 0.310 e. The normalized spacial score (nSPS) is 10.9. The van der Waals surface area contributed by atoms with Crippen molar-refractivity contribution in [3.8, 4) is 0 Å². The number of benzene rings is 5. The average Bonchev–Trinajstić information content (AvgIpc) is 3.34. The van der Waals surface area contributed by atoms with Gasteiger partial charge in [-0.05, 0) is 60.7 Å². The summed E-state index contributed by atoms with van der Waals surface area (Å²) in [7, 11) is 0. The van der Waals surface area contributed by atoms with Crippen LogP contribution in [0.3, 0.4) is 0 Å². The van der Waals surface area contributed by atoms with Crippen LogP contribution in [0.1, 0.15) is 0 Å². The van der Waals surface area contributed by atoms with Gasteiger partial charge in [-0.3, -0.25) is 0 Å². The van der Waals surface area contributed by atoms with E-state index in [9.17, 15) is 0 Å². The van der Waals surface area contributed by atoms with Gasteiger partial charge < -0.3 is 9.80 Å². The topological polar surface area (TPSA) is 6.48 Å². The van der Waals surface area contributed by atoms with Crippen LogP contribution in [0.5, 0.6) is 0 Å². The molecule has 174 valence electrons. The summed E-state index contributed by atoms with van der Waals surface area (Å²) in [6.45, 7) is 0. The minimum Gasteiger partial charge on any atom is -0.310 e. The molecule has 0 aliphatic rings. The minimum absolute atomic E-state index is 0.680. The van der Waals surface area contributed by atoms with Gasteiger partial charge in [0.25, 0.3) is 0 Å². The first-order valence-electron chi connectivity index (χ1n) is 11.8. The lowest BCUT2D eigenvalue weighted by Gasteiger charge is -2.29. The van der Waals surface area contributed by atoms with Gasteiger partial charge in [-0.2, -0.15) is 0 Å². The standard InChI is InChI=1S/C32H23ClN2S/c33-24-20-28(34(25-12-4-1-5-13-25)26-14-6-2-7-15-26)22-29(21-24)35(27-16-8-3-9-17-27)31-23-36-32-19-11-10-18-30(31)32/h1-23H. The van der Waals surface area contributed by atoms with Crippen molar-refractivity contribution >= 4 is 67.1 Å². The van der Waals surface area contributed by atoms with Crippen molar-refractivity contribution in [1.82, 2.24) is 0 Å². The Morgan fingerprint density at radius 2 is 0.944 bits per heavy atom. The van der Waals surface area contributed by atoms with E-state index >= 15 is 0 Å². The van der Waals surface area contributed by atoms with E-state index < -0.39 is 0 Å². The van der Waals surface area contributed by atoms with E-state index in [-0.39, 0.29) is 0 Å². The van der Waals surface area contributed by atoms with Crippen LogP contribution in [0.2, 0.25) is 5.02 Å². The highest BCUT2D eigenvalue weighted by molar-refractivity contribution is 7.17.